The molecule has 1 aliphatic rings. The van der Waals surface area contributed by atoms with Gasteiger partial charge in [0, 0.05) is 12.1 Å². The van der Waals surface area contributed by atoms with Gasteiger partial charge in [-0.1, -0.05) is 0 Å². The number of nitrogens with zero attached hydrogens (tertiary/aromatic N) is 2. The van der Waals surface area contributed by atoms with Crippen LogP contribution in [0.15, 0.2) is 16.9 Å². The summed E-state index contributed by atoms with van der Waals surface area (Å²) in [4.78, 5) is 0. The SMILES string of the molecule is ClCC1(n2ccc(Br)n2)CC1. The Hall–Kier alpha value is -0.0200. The van der Waals surface area contributed by atoms with E-state index in [0.717, 1.165) is 17.4 Å². The molecule has 1 fully saturated rings. The minimum absolute atomic E-state index is 0.146. The lowest BCUT2D eigenvalue weighted by Crippen LogP contribution is -2.19. The van der Waals surface area contributed by atoms with Gasteiger partial charge in [-0.3, -0.25) is 4.68 Å². The van der Waals surface area contributed by atoms with E-state index < -0.39 is 0 Å². The highest BCUT2D eigenvalue weighted by atomic mass is 79.9. The van der Waals surface area contributed by atoms with Crippen LogP contribution >= 0.6 is 27.5 Å². The van der Waals surface area contributed by atoms with E-state index in [1.807, 2.05) is 16.9 Å². The molecule has 0 amide bonds. The van der Waals surface area contributed by atoms with Crippen molar-refractivity contribution in [3.63, 3.8) is 0 Å². The molecule has 0 spiro atoms. The van der Waals surface area contributed by atoms with E-state index in [4.69, 9.17) is 11.6 Å². The zero-order chi connectivity index (χ0) is 7.90. The second kappa shape index (κ2) is 2.49. The van der Waals surface area contributed by atoms with Crippen LogP contribution in [0.2, 0.25) is 0 Å². The van der Waals surface area contributed by atoms with Gasteiger partial charge in [0.05, 0.1) is 5.54 Å². The Kier molecular flexibility index (Phi) is 1.72. The van der Waals surface area contributed by atoms with E-state index >= 15 is 0 Å². The Labute approximate surface area is 78.7 Å². The third-order valence-corrected chi connectivity index (χ3v) is 3.04. The van der Waals surface area contributed by atoms with E-state index in [1.54, 1.807) is 0 Å². The van der Waals surface area contributed by atoms with Crippen molar-refractivity contribution in [3.05, 3.63) is 16.9 Å². The van der Waals surface area contributed by atoms with Crippen LogP contribution in [0, 0.1) is 0 Å². The fraction of sp³-hybridized carbons (Fsp3) is 0.571. The zero-order valence-corrected chi connectivity index (χ0v) is 8.27. The molecule has 0 aliphatic heterocycles. The molecule has 11 heavy (non-hydrogen) atoms. The summed E-state index contributed by atoms with van der Waals surface area (Å²) in [5.74, 6) is 0.668. The van der Waals surface area contributed by atoms with Crippen molar-refractivity contribution in [1.29, 1.82) is 0 Å². The van der Waals surface area contributed by atoms with E-state index in [1.165, 1.54) is 0 Å². The highest BCUT2D eigenvalue weighted by molar-refractivity contribution is 9.10. The third-order valence-electron chi connectivity index (χ3n) is 2.12. The van der Waals surface area contributed by atoms with Gasteiger partial charge in [0.25, 0.3) is 0 Å². The first-order chi connectivity index (χ1) is 5.27. The monoisotopic (exact) mass is 234 g/mol. The predicted molar refractivity (Wildman–Crippen MR) is 47.9 cm³/mol. The number of halogens is 2. The minimum Gasteiger partial charge on any atom is -0.264 e. The lowest BCUT2D eigenvalue weighted by atomic mass is 10.3. The van der Waals surface area contributed by atoms with E-state index in [9.17, 15) is 0 Å². The molecule has 2 rings (SSSR count). The normalized spacial score (nSPS) is 20.2. The maximum atomic E-state index is 5.82. The highest BCUT2D eigenvalue weighted by Gasteiger charge is 2.44. The Morgan fingerprint density at radius 1 is 1.73 bits per heavy atom. The van der Waals surface area contributed by atoms with Crippen LogP contribution in [0.4, 0.5) is 0 Å². The average molecular weight is 236 g/mol. The molecule has 4 heteroatoms. The van der Waals surface area contributed by atoms with E-state index in [0.29, 0.717) is 5.88 Å². The van der Waals surface area contributed by atoms with Crippen LogP contribution in [0.5, 0.6) is 0 Å². The summed E-state index contributed by atoms with van der Waals surface area (Å²) in [7, 11) is 0. The fourth-order valence-corrected chi connectivity index (χ4v) is 1.81. The third kappa shape index (κ3) is 1.20. The van der Waals surface area contributed by atoms with Gasteiger partial charge in [-0.15, -0.1) is 11.6 Å². The zero-order valence-electron chi connectivity index (χ0n) is 5.93. The van der Waals surface area contributed by atoms with Crippen LogP contribution in [0.1, 0.15) is 12.8 Å². The molecule has 0 atom stereocenters. The number of hydrogen-bond donors (Lipinski definition) is 0. The maximum Gasteiger partial charge on any atom is 0.128 e. The second-order valence-electron chi connectivity index (χ2n) is 2.94. The van der Waals surface area contributed by atoms with Crippen LogP contribution in [-0.4, -0.2) is 15.7 Å². The van der Waals surface area contributed by atoms with Crippen LogP contribution in [0.3, 0.4) is 0 Å². The Bertz CT molecular complexity index is 267. The molecule has 2 nitrogen and oxygen atoms in total. The number of aromatic nitrogens is 2. The molecule has 0 unspecified atom stereocenters. The van der Waals surface area contributed by atoms with Crippen molar-refractivity contribution in [3.8, 4) is 0 Å². The molecular weight excluding hydrogens is 227 g/mol. The molecule has 0 saturated heterocycles. The first kappa shape index (κ1) is 7.62. The lowest BCUT2D eigenvalue weighted by Gasteiger charge is -2.10. The van der Waals surface area contributed by atoms with Gasteiger partial charge in [0.15, 0.2) is 0 Å². The smallest absolute Gasteiger partial charge is 0.128 e. The van der Waals surface area contributed by atoms with Crippen LogP contribution in [-0.2, 0) is 5.54 Å². The van der Waals surface area contributed by atoms with Crippen molar-refractivity contribution in [2.24, 2.45) is 0 Å². The van der Waals surface area contributed by atoms with Gasteiger partial charge >= 0.3 is 0 Å². The molecule has 0 aromatic carbocycles. The Morgan fingerprint density at radius 3 is 2.82 bits per heavy atom. The summed E-state index contributed by atoms with van der Waals surface area (Å²) in [6.45, 7) is 0. The minimum atomic E-state index is 0.146. The Morgan fingerprint density at radius 2 is 2.45 bits per heavy atom. The standard InChI is InChI=1S/C7H8BrClN2/c8-6-1-4-11(10-6)7(5-9)2-3-7/h1,4H,2-3,5H2. The quantitative estimate of drug-likeness (QED) is 0.720. The van der Waals surface area contributed by atoms with Crippen molar-refractivity contribution in [2.45, 2.75) is 18.4 Å². The summed E-state index contributed by atoms with van der Waals surface area (Å²) in [6.07, 6.45) is 4.29. The van der Waals surface area contributed by atoms with E-state index in [-0.39, 0.29) is 5.54 Å². The van der Waals surface area contributed by atoms with Crippen molar-refractivity contribution < 1.29 is 0 Å². The van der Waals surface area contributed by atoms with Gasteiger partial charge in [0.1, 0.15) is 4.60 Å². The van der Waals surface area contributed by atoms with Crippen LogP contribution < -0.4 is 0 Å². The molecule has 1 aromatic rings. The molecule has 0 bridgehead atoms. The number of hydrogen-bond acceptors (Lipinski definition) is 1. The van der Waals surface area contributed by atoms with Crippen molar-refractivity contribution >= 4 is 27.5 Å². The average Bonchev–Trinajstić information content (AvgIpc) is 2.70. The van der Waals surface area contributed by atoms with Gasteiger partial charge in [-0.05, 0) is 34.8 Å². The van der Waals surface area contributed by atoms with Crippen LogP contribution in [0.25, 0.3) is 0 Å². The molecule has 1 aromatic heterocycles. The number of alkyl halides is 1. The molecule has 1 aliphatic carbocycles. The summed E-state index contributed by atoms with van der Waals surface area (Å²) in [5.41, 5.74) is 0.146. The van der Waals surface area contributed by atoms with E-state index in [2.05, 4.69) is 21.0 Å². The largest absolute Gasteiger partial charge is 0.264 e. The van der Waals surface area contributed by atoms with Crippen molar-refractivity contribution in [2.75, 3.05) is 5.88 Å². The first-order valence-corrected chi connectivity index (χ1v) is 4.87. The van der Waals surface area contributed by atoms with Gasteiger partial charge in [-0.2, -0.15) is 5.10 Å². The predicted octanol–water partition coefficient (Wildman–Crippen LogP) is 2.37. The fourth-order valence-electron chi connectivity index (χ4n) is 1.13. The van der Waals surface area contributed by atoms with Gasteiger partial charge < -0.3 is 0 Å². The molecule has 0 radical (unpaired) electrons. The summed E-state index contributed by atoms with van der Waals surface area (Å²) >= 11 is 9.13. The van der Waals surface area contributed by atoms with Gasteiger partial charge in [0.2, 0.25) is 0 Å². The summed E-state index contributed by atoms with van der Waals surface area (Å²) < 4.78 is 2.85. The molecular formula is C7H8BrClN2. The maximum absolute atomic E-state index is 5.82. The first-order valence-electron chi connectivity index (χ1n) is 3.54. The second-order valence-corrected chi connectivity index (χ2v) is 4.02. The van der Waals surface area contributed by atoms with Crippen molar-refractivity contribution in [1.82, 2.24) is 9.78 Å². The summed E-state index contributed by atoms with van der Waals surface area (Å²) in [5, 5.41) is 4.26. The topological polar surface area (TPSA) is 17.8 Å². The highest BCUT2D eigenvalue weighted by Crippen LogP contribution is 2.44. The van der Waals surface area contributed by atoms with Gasteiger partial charge in [-0.25, -0.2) is 0 Å². The molecule has 60 valence electrons. The Balaban J connectivity index is 2.29. The molecule has 1 heterocycles. The molecule has 0 N–H and O–H groups in total. The number of rotatable bonds is 2. The lowest BCUT2D eigenvalue weighted by molar-refractivity contribution is 0.476. The summed E-state index contributed by atoms with van der Waals surface area (Å²) in [6, 6.07) is 1.94. The molecule has 1 saturated carbocycles.